The van der Waals surface area contributed by atoms with Crippen molar-refractivity contribution >= 4 is 0 Å². The minimum Gasteiger partial charge on any atom is -0.394 e. The van der Waals surface area contributed by atoms with E-state index in [0.29, 0.717) is 6.54 Å². The second-order valence-electron chi connectivity index (χ2n) is 4.10. The highest BCUT2D eigenvalue weighted by Crippen LogP contribution is 2.03. The zero-order valence-corrected chi connectivity index (χ0v) is 8.25. The van der Waals surface area contributed by atoms with Gasteiger partial charge in [-0.05, 0) is 13.8 Å². The van der Waals surface area contributed by atoms with Gasteiger partial charge in [-0.2, -0.15) is 0 Å². The molecule has 0 saturated carbocycles. The summed E-state index contributed by atoms with van der Waals surface area (Å²) in [5.41, 5.74) is 4.23. The summed E-state index contributed by atoms with van der Waals surface area (Å²) < 4.78 is 0. The van der Waals surface area contributed by atoms with E-state index in [1.807, 2.05) is 13.8 Å². The first-order valence-corrected chi connectivity index (χ1v) is 4.26. The Morgan fingerprint density at radius 3 is 1.69 bits per heavy atom. The second-order valence-corrected chi connectivity index (χ2v) is 4.10. The van der Waals surface area contributed by atoms with Gasteiger partial charge >= 0.3 is 0 Å². The van der Waals surface area contributed by atoms with Gasteiger partial charge in [0.15, 0.2) is 0 Å². The largest absolute Gasteiger partial charge is 0.394 e. The second kappa shape index (κ2) is 4.88. The van der Waals surface area contributed by atoms with E-state index < -0.39 is 11.1 Å². The standard InChI is InChI=1S/C8H20N2O3/c1-7(2,9)3-10-8(4-11,5-12)6-13/h10-13H,3-6,9H2,1-2H3. The number of aliphatic hydroxyl groups is 3. The average Bonchev–Trinajstić information content (AvgIpc) is 2.06. The maximum Gasteiger partial charge on any atom is 0.0882 e. The van der Waals surface area contributed by atoms with Crippen LogP contribution in [-0.2, 0) is 0 Å². The lowest BCUT2D eigenvalue weighted by Crippen LogP contribution is -2.59. The summed E-state index contributed by atoms with van der Waals surface area (Å²) in [6.07, 6.45) is 0. The molecule has 0 rings (SSSR count). The molecule has 0 atom stereocenters. The molecule has 0 aliphatic carbocycles. The maximum absolute atomic E-state index is 8.95. The Morgan fingerprint density at radius 1 is 1.08 bits per heavy atom. The first-order chi connectivity index (χ1) is 5.89. The highest BCUT2D eigenvalue weighted by Gasteiger charge is 2.28. The molecule has 13 heavy (non-hydrogen) atoms. The fraction of sp³-hybridized carbons (Fsp3) is 1.00. The van der Waals surface area contributed by atoms with Crippen LogP contribution in [0.5, 0.6) is 0 Å². The lowest BCUT2D eigenvalue weighted by atomic mass is 10.0. The topological polar surface area (TPSA) is 98.7 Å². The summed E-state index contributed by atoms with van der Waals surface area (Å²) in [5.74, 6) is 0. The van der Waals surface area contributed by atoms with Crippen LogP contribution in [0.4, 0.5) is 0 Å². The highest BCUT2D eigenvalue weighted by atomic mass is 16.3. The molecule has 0 heterocycles. The van der Waals surface area contributed by atoms with E-state index in [9.17, 15) is 0 Å². The van der Waals surface area contributed by atoms with E-state index in [4.69, 9.17) is 21.1 Å². The van der Waals surface area contributed by atoms with Crippen LogP contribution in [0, 0.1) is 0 Å². The van der Waals surface area contributed by atoms with E-state index in [1.165, 1.54) is 0 Å². The van der Waals surface area contributed by atoms with Crippen molar-refractivity contribution in [2.75, 3.05) is 26.4 Å². The Labute approximate surface area is 78.6 Å². The van der Waals surface area contributed by atoms with Crippen molar-refractivity contribution in [2.24, 2.45) is 5.73 Å². The van der Waals surface area contributed by atoms with Crippen LogP contribution in [0.1, 0.15) is 13.8 Å². The van der Waals surface area contributed by atoms with Gasteiger partial charge in [0.1, 0.15) is 0 Å². The quantitative estimate of drug-likeness (QED) is 0.336. The first kappa shape index (κ1) is 12.8. The zero-order chi connectivity index (χ0) is 10.5. The summed E-state index contributed by atoms with van der Waals surface area (Å²) in [4.78, 5) is 0. The predicted octanol–water partition coefficient (Wildman–Crippen LogP) is -1.97. The first-order valence-electron chi connectivity index (χ1n) is 4.26. The van der Waals surface area contributed by atoms with Crippen molar-refractivity contribution in [2.45, 2.75) is 24.9 Å². The summed E-state index contributed by atoms with van der Waals surface area (Å²) >= 11 is 0. The van der Waals surface area contributed by atoms with E-state index in [0.717, 1.165) is 0 Å². The third-order valence-corrected chi connectivity index (χ3v) is 1.83. The van der Waals surface area contributed by atoms with Crippen LogP contribution in [-0.4, -0.2) is 52.8 Å². The molecule has 5 nitrogen and oxygen atoms in total. The minimum atomic E-state index is -1.03. The molecule has 0 aliphatic heterocycles. The van der Waals surface area contributed by atoms with Gasteiger partial charge in [0.2, 0.25) is 0 Å². The Balaban J connectivity index is 4.11. The normalized spacial score (nSPS) is 13.4. The lowest BCUT2D eigenvalue weighted by molar-refractivity contribution is 0.0397. The molecular weight excluding hydrogens is 172 g/mol. The summed E-state index contributed by atoms with van der Waals surface area (Å²) in [6, 6.07) is 0. The monoisotopic (exact) mass is 192 g/mol. The van der Waals surface area contributed by atoms with Crippen molar-refractivity contribution in [1.82, 2.24) is 5.32 Å². The Bertz CT molecular complexity index is 133. The van der Waals surface area contributed by atoms with Gasteiger partial charge in [-0.1, -0.05) is 0 Å². The van der Waals surface area contributed by atoms with Gasteiger partial charge < -0.3 is 26.4 Å². The molecule has 0 amide bonds. The van der Waals surface area contributed by atoms with Gasteiger partial charge in [-0.3, -0.25) is 0 Å². The van der Waals surface area contributed by atoms with Gasteiger partial charge in [0.05, 0.1) is 25.4 Å². The van der Waals surface area contributed by atoms with E-state index in [1.54, 1.807) is 0 Å². The summed E-state index contributed by atoms with van der Waals surface area (Å²) in [7, 11) is 0. The molecule has 0 aromatic rings. The number of hydrogen-bond donors (Lipinski definition) is 5. The molecule has 6 N–H and O–H groups in total. The molecule has 0 aromatic heterocycles. The Morgan fingerprint density at radius 2 is 1.46 bits per heavy atom. The molecule has 0 radical (unpaired) electrons. The highest BCUT2D eigenvalue weighted by molar-refractivity contribution is 4.89. The smallest absolute Gasteiger partial charge is 0.0882 e. The fourth-order valence-corrected chi connectivity index (χ4v) is 0.733. The fourth-order valence-electron chi connectivity index (χ4n) is 0.733. The average molecular weight is 192 g/mol. The van der Waals surface area contributed by atoms with E-state index in [2.05, 4.69) is 5.32 Å². The molecule has 0 bridgehead atoms. The van der Waals surface area contributed by atoms with E-state index >= 15 is 0 Å². The van der Waals surface area contributed by atoms with Crippen LogP contribution in [0.15, 0.2) is 0 Å². The van der Waals surface area contributed by atoms with E-state index in [-0.39, 0.29) is 19.8 Å². The number of hydrogen-bond acceptors (Lipinski definition) is 5. The molecule has 0 fully saturated rings. The molecule has 0 saturated heterocycles. The number of nitrogens with one attached hydrogen (secondary N) is 1. The van der Waals surface area contributed by atoms with Crippen molar-refractivity contribution in [3.05, 3.63) is 0 Å². The van der Waals surface area contributed by atoms with Gasteiger partial charge in [-0.25, -0.2) is 0 Å². The van der Waals surface area contributed by atoms with Crippen molar-refractivity contribution in [1.29, 1.82) is 0 Å². The third-order valence-electron chi connectivity index (χ3n) is 1.83. The van der Waals surface area contributed by atoms with Crippen molar-refractivity contribution in [3.63, 3.8) is 0 Å². The zero-order valence-electron chi connectivity index (χ0n) is 8.25. The third kappa shape index (κ3) is 4.54. The predicted molar refractivity (Wildman–Crippen MR) is 50.3 cm³/mol. The molecular formula is C8H20N2O3. The lowest BCUT2D eigenvalue weighted by Gasteiger charge is -2.32. The van der Waals surface area contributed by atoms with Crippen LogP contribution in [0.2, 0.25) is 0 Å². The number of aliphatic hydroxyl groups excluding tert-OH is 3. The summed E-state index contributed by atoms with van der Waals surface area (Å²) in [5, 5.41) is 29.7. The molecule has 80 valence electrons. The van der Waals surface area contributed by atoms with Crippen molar-refractivity contribution < 1.29 is 15.3 Å². The van der Waals surface area contributed by atoms with Gasteiger partial charge in [-0.15, -0.1) is 0 Å². The Hall–Kier alpha value is -0.200. The van der Waals surface area contributed by atoms with Crippen LogP contribution < -0.4 is 11.1 Å². The molecule has 0 unspecified atom stereocenters. The molecule has 5 heteroatoms. The molecule has 0 aliphatic rings. The molecule has 0 aromatic carbocycles. The molecule has 0 spiro atoms. The Kier molecular flexibility index (Phi) is 4.80. The van der Waals surface area contributed by atoms with Gasteiger partial charge in [0.25, 0.3) is 0 Å². The van der Waals surface area contributed by atoms with Crippen LogP contribution in [0.25, 0.3) is 0 Å². The number of rotatable bonds is 6. The SMILES string of the molecule is CC(C)(N)CNC(CO)(CO)CO. The minimum absolute atomic E-state index is 0.323. The number of nitrogens with two attached hydrogens (primary N) is 1. The van der Waals surface area contributed by atoms with Gasteiger partial charge in [0, 0.05) is 12.1 Å². The maximum atomic E-state index is 8.95. The van der Waals surface area contributed by atoms with Crippen molar-refractivity contribution in [3.8, 4) is 0 Å². The summed E-state index contributed by atoms with van der Waals surface area (Å²) in [6.45, 7) is 3.07. The van der Waals surface area contributed by atoms with Crippen LogP contribution in [0.3, 0.4) is 0 Å². The van der Waals surface area contributed by atoms with Crippen LogP contribution >= 0.6 is 0 Å².